The standard InChI is InChI=1S/C16H25NO2/c1-11-7-6-8-12(2)14(11)15(19)17-10-13(18)9-16(3,4)5/h6-8,13,18H,9-10H2,1-5H3,(H,17,19). The lowest BCUT2D eigenvalue weighted by molar-refractivity contribution is 0.0867. The Morgan fingerprint density at radius 2 is 1.79 bits per heavy atom. The molecule has 0 aliphatic carbocycles. The van der Waals surface area contributed by atoms with E-state index in [-0.39, 0.29) is 11.3 Å². The summed E-state index contributed by atoms with van der Waals surface area (Å²) in [4.78, 5) is 12.1. The number of rotatable bonds is 4. The molecule has 106 valence electrons. The SMILES string of the molecule is Cc1cccc(C)c1C(=O)NCC(O)CC(C)(C)C. The van der Waals surface area contributed by atoms with Gasteiger partial charge in [-0.3, -0.25) is 4.79 Å². The number of carbonyl (C=O) groups excluding carboxylic acids is 1. The molecule has 0 spiro atoms. The number of hydrogen-bond donors (Lipinski definition) is 2. The highest BCUT2D eigenvalue weighted by Gasteiger charge is 2.18. The predicted octanol–water partition coefficient (Wildman–Crippen LogP) is 2.83. The van der Waals surface area contributed by atoms with E-state index >= 15 is 0 Å². The number of hydrogen-bond acceptors (Lipinski definition) is 2. The van der Waals surface area contributed by atoms with Crippen LogP contribution in [0.3, 0.4) is 0 Å². The van der Waals surface area contributed by atoms with E-state index in [1.54, 1.807) is 0 Å². The molecular weight excluding hydrogens is 238 g/mol. The first kappa shape index (κ1) is 15.7. The highest BCUT2D eigenvalue weighted by molar-refractivity contribution is 5.97. The Bertz CT molecular complexity index is 426. The van der Waals surface area contributed by atoms with E-state index in [4.69, 9.17) is 0 Å². The minimum atomic E-state index is -0.506. The van der Waals surface area contributed by atoms with Crippen molar-refractivity contribution in [3.63, 3.8) is 0 Å². The van der Waals surface area contributed by atoms with Gasteiger partial charge in [-0.25, -0.2) is 0 Å². The molecule has 0 bridgehead atoms. The molecule has 0 saturated heterocycles. The van der Waals surface area contributed by atoms with Crippen LogP contribution in [0.2, 0.25) is 0 Å². The fourth-order valence-electron chi connectivity index (χ4n) is 2.25. The summed E-state index contributed by atoms with van der Waals surface area (Å²) in [6.07, 6.45) is 0.160. The van der Waals surface area contributed by atoms with Crippen LogP contribution in [0.25, 0.3) is 0 Å². The molecule has 1 unspecified atom stereocenters. The van der Waals surface area contributed by atoms with Crippen LogP contribution in [0.5, 0.6) is 0 Å². The van der Waals surface area contributed by atoms with E-state index in [9.17, 15) is 9.90 Å². The second kappa shape index (κ2) is 6.20. The van der Waals surface area contributed by atoms with Gasteiger partial charge < -0.3 is 10.4 Å². The molecule has 1 aromatic rings. The lowest BCUT2D eigenvalue weighted by atomic mass is 9.89. The van der Waals surface area contributed by atoms with Gasteiger partial charge in [-0.1, -0.05) is 39.0 Å². The van der Waals surface area contributed by atoms with Crippen LogP contribution >= 0.6 is 0 Å². The molecule has 0 aliphatic rings. The van der Waals surface area contributed by atoms with Gasteiger partial charge in [0.05, 0.1) is 6.10 Å². The predicted molar refractivity (Wildman–Crippen MR) is 78.3 cm³/mol. The van der Waals surface area contributed by atoms with Crippen LogP contribution in [-0.4, -0.2) is 23.7 Å². The fraction of sp³-hybridized carbons (Fsp3) is 0.562. The third kappa shape index (κ3) is 5.03. The average Bonchev–Trinajstić information content (AvgIpc) is 2.23. The van der Waals surface area contributed by atoms with E-state index in [2.05, 4.69) is 26.1 Å². The van der Waals surface area contributed by atoms with E-state index in [1.807, 2.05) is 32.0 Å². The largest absolute Gasteiger partial charge is 0.391 e. The van der Waals surface area contributed by atoms with Crippen molar-refractivity contribution in [1.82, 2.24) is 5.32 Å². The molecule has 0 fully saturated rings. The van der Waals surface area contributed by atoms with Gasteiger partial charge >= 0.3 is 0 Å². The number of carbonyl (C=O) groups is 1. The lowest BCUT2D eigenvalue weighted by Crippen LogP contribution is -2.34. The van der Waals surface area contributed by atoms with Crippen LogP contribution in [0.4, 0.5) is 0 Å². The molecule has 3 heteroatoms. The van der Waals surface area contributed by atoms with Crippen LogP contribution in [0, 0.1) is 19.3 Å². The summed E-state index contributed by atoms with van der Waals surface area (Å²) in [6, 6.07) is 5.79. The zero-order valence-corrected chi connectivity index (χ0v) is 12.6. The molecule has 1 rings (SSSR count). The number of benzene rings is 1. The second-order valence-corrected chi connectivity index (χ2v) is 6.40. The first-order valence-corrected chi connectivity index (χ1v) is 6.73. The van der Waals surface area contributed by atoms with Crippen molar-refractivity contribution >= 4 is 5.91 Å². The minimum Gasteiger partial charge on any atom is -0.391 e. The maximum Gasteiger partial charge on any atom is 0.251 e. The van der Waals surface area contributed by atoms with Gasteiger partial charge in [0, 0.05) is 12.1 Å². The summed E-state index contributed by atoms with van der Waals surface area (Å²) in [5, 5.41) is 12.7. The van der Waals surface area contributed by atoms with Crippen molar-refractivity contribution in [3.8, 4) is 0 Å². The van der Waals surface area contributed by atoms with Gasteiger partial charge in [0.1, 0.15) is 0 Å². The van der Waals surface area contributed by atoms with Crippen LogP contribution in [-0.2, 0) is 0 Å². The topological polar surface area (TPSA) is 49.3 Å². The van der Waals surface area contributed by atoms with Crippen molar-refractivity contribution in [2.75, 3.05) is 6.54 Å². The van der Waals surface area contributed by atoms with Crippen molar-refractivity contribution in [1.29, 1.82) is 0 Å². The van der Waals surface area contributed by atoms with Crippen LogP contribution in [0.15, 0.2) is 18.2 Å². The normalized spacial score (nSPS) is 13.2. The number of amides is 1. The fourth-order valence-corrected chi connectivity index (χ4v) is 2.25. The molecule has 3 nitrogen and oxygen atoms in total. The van der Waals surface area contributed by atoms with Crippen molar-refractivity contribution in [3.05, 3.63) is 34.9 Å². The molecule has 0 aliphatic heterocycles. The highest BCUT2D eigenvalue weighted by Crippen LogP contribution is 2.20. The monoisotopic (exact) mass is 263 g/mol. The molecule has 0 saturated carbocycles. The van der Waals surface area contributed by atoms with Gasteiger partial charge in [0.25, 0.3) is 5.91 Å². The summed E-state index contributed by atoms with van der Waals surface area (Å²) in [6.45, 7) is 10.4. The Hall–Kier alpha value is -1.35. The second-order valence-electron chi connectivity index (χ2n) is 6.40. The Kier molecular flexibility index (Phi) is 5.12. The van der Waals surface area contributed by atoms with E-state index < -0.39 is 6.10 Å². The maximum absolute atomic E-state index is 12.1. The Morgan fingerprint density at radius 3 is 2.26 bits per heavy atom. The van der Waals surface area contributed by atoms with Gasteiger partial charge in [-0.05, 0) is 36.8 Å². The van der Waals surface area contributed by atoms with Gasteiger partial charge in [-0.15, -0.1) is 0 Å². The van der Waals surface area contributed by atoms with E-state index in [1.165, 1.54) is 0 Å². The molecular formula is C16H25NO2. The Balaban J connectivity index is 2.61. The molecule has 19 heavy (non-hydrogen) atoms. The number of aryl methyl sites for hydroxylation is 2. The van der Waals surface area contributed by atoms with Gasteiger partial charge in [-0.2, -0.15) is 0 Å². The van der Waals surface area contributed by atoms with Crippen LogP contribution in [0.1, 0.15) is 48.7 Å². The molecule has 0 radical (unpaired) electrons. The van der Waals surface area contributed by atoms with Gasteiger partial charge in [0.2, 0.25) is 0 Å². The zero-order valence-electron chi connectivity index (χ0n) is 12.6. The summed E-state index contributed by atoms with van der Waals surface area (Å²) >= 11 is 0. The summed E-state index contributed by atoms with van der Waals surface area (Å²) in [5.41, 5.74) is 2.69. The molecule has 1 amide bonds. The summed E-state index contributed by atoms with van der Waals surface area (Å²) in [5.74, 6) is -0.108. The van der Waals surface area contributed by atoms with Crippen molar-refractivity contribution < 1.29 is 9.90 Å². The highest BCUT2D eigenvalue weighted by atomic mass is 16.3. The Labute approximate surface area is 116 Å². The molecule has 1 aromatic carbocycles. The van der Waals surface area contributed by atoms with E-state index in [0.717, 1.165) is 11.1 Å². The summed E-state index contributed by atoms with van der Waals surface area (Å²) < 4.78 is 0. The summed E-state index contributed by atoms with van der Waals surface area (Å²) in [7, 11) is 0. The maximum atomic E-state index is 12.1. The molecule has 0 aromatic heterocycles. The third-order valence-corrected chi connectivity index (χ3v) is 3.05. The van der Waals surface area contributed by atoms with Crippen LogP contribution < -0.4 is 5.32 Å². The first-order chi connectivity index (χ1) is 8.70. The Morgan fingerprint density at radius 1 is 1.26 bits per heavy atom. The quantitative estimate of drug-likeness (QED) is 0.877. The minimum absolute atomic E-state index is 0.0583. The first-order valence-electron chi connectivity index (χ1n) is 6.73. The lowest BCUT2D eigenvalue weighted by Gasteiger charge is -2.22. The average molecular weight is 263 g/mol. The molecule has 2 N–H and O–H groups in total. The van der Waals surface area contributed by atoms with E-state index in [0.29, 0.717) is 18.5 Å². The zero-order chi connectivity index (χ0) is 14.6. The number of nitrogens with one attached hydrogen (secondary N) is 1. The molecule has 1 atom stereocenters. The van der Waals surface area contributed by atoms with Gasteiger partial charge in [0.15, 0.2) is 0 Å². The third-order valence-electron chi connectivity index (χ3n) is 3.05. The number of aliphatic hydroxyl groups excluding tert-OH is 1. The smallest absolute Gasteiger partial charge is 0.251 e. The number of aliphatic hydroxyl groups is 1. The van der Waals surface area contributed by atoms with Crippen molar-refractivity contribution in [2.24, 2.45) is 5.41 Å². The van der Waals surface area contributed by atoms with Crippen molar-refractivity contribution in [2.45, 2.75) is 47.1 Å². The molecule has 0 heterocycles.